The van der Waals surface area contributed by atoms with Gasteiger partial charge < -0.3 is 9.47 Å². The van der Waals surface area contributed by atoms with Gasteiger partial charge in [-0.15, -0.1) is 0 Å². The van der Waals surface area contributed by atoms with Gasteiger partial charge in [-0.25, -0.2) is 0 Å². The van der Waals surface area contributed by atoms with Crippen LogP contribution in [0.25, 0.3) is 0 Å². The summed E-state index contributed by atoms with van der Waals surface area (Å²) in [4.78, 5) is 23.7. The van der Waals surface area contributed by atoms with Gasteiger partial charge in [0.15, 0.2) is 12.2 Å². The second kappa shape index (κ2) is 17.5. The van der Waals surface area contributed by atoms with Crippen LogP contribution in [0.15, 0.2) is 12.2 Å². The predicted molar refractivity (Wildman–Crippen MR) is 119 cm³/mol. The highest BCUT2D eigenvalue weighted by atomic mass is 16.6. The minimum atomic E-state index is -0.454. The number of ether oxygens (including phenoxy) is 2. The van der Waals surface area contributed by atoms with E-state index >= 15 is 0 Å². The van der Waals surface area contributed by atoms with E-state index in [2.05, 4.69) is 13.8 Å². The van der Waals surface area contributed by atoms with E-state index in [9.17, 15) is 9.59 Å². The monoisotopic (exact) mass is 408 g/mol. The van der Waals surface area contributed by atoms with Gasteiger partial charge in [-0.05, 0) is 25.3 Å². The summed E-state index contributed by atoms with van der Waals surface area (Å²) in [7, 11) is 0. The first-order valence-electron chi connectivity index (χ1n) is 12.2. The van der Waals surface area contributed by atoms with Crippen LogP contribution in [-0.2, 0) is 19.1 Å². The van der Waals surface area contributed by atoms with Gasteiger partial charge in [-0.1, -0.05) is 97.0 Å². The lowest BCUT2D eigenvalue weighted by molar-refractivity contribution is -0.151. The third-order valence-corrected chi connectivity index (χ3v) is 5.57. The number of carbonyl (C=O) groups is 2. The van der Waals surface area contributed by atoms with Crippen LogP contribution in [0.5, 0.6) is 0 Å². The Morgan fingerprint density at radius 2 is 1.45 bits per heavy atom. The highest BCUT2D eigenvalue weighted by Crippen LogP contribution is 2.21. The summed E-state index contributed by atoms with van der Waals surface area (Å²) >= 11 is 0. The van der Waals surface area contributed by atoms with Crippen molar-refractivity contribution < 1.29 is 19.1 Å². The molecule has 2 atom stereocenters. The fourth-order valence-electron chi connectivity index (χ4n) is 3.73. The van der Waals surface area contributed by atoms with E-state index in [1.165, 1.54) is 70.6 Å². The zero-order valence-electron chi connectivity index (χ0n) is 19.0. The van der Waals surface area contributed by atoms with Crippen molar-refractivity contribution >= 4 is 11.9 Å². The number of carbonyl (C=O) groups excluding carboxylic acids is 2. The van der Waals surface area contributed by atoms with Gasteiger partial charge in [0, 0.05) is 6.42 Å². The Balaban J connectivity index is 2.07. The molecule has 0 amide bonds. The number of unbranched alkanes of at least 4 members (excludes halogenated alkanes) is 13. The van der Waals surface area contributed by atoms with Crippen molar-refractivity contribution in [2.45, 2.75) is 135 Å². The van der Waals surface area contributed by atoms with Crippen LogP contribution >= 0.6 is 0 Å². The average Bonchev–Trinajstić information content (AvgIpc) is 3.04. The molecule has 0 aromatic carbocycles. The molecule has 4 heteroatoms. The highest BCUT2D eigenvalue weighted by molar-refractivity contribution is 5.75. The fraction of sp³-hybridized carbons (Fsp3) is 0.840. The lowest BCUT2D eigenvalue weighted by Gasteiger charge is -2.15. The summed E-state index contributed by atoms with van der Waals surface area (Å²) in [5.74, 6) is -0.477. The van der Waals surface area contributed by atoms with E-state index < -0.39 is 12.2 Å². The normalized spacial score (nSPS) is 19.0. The fourth-order valence-corrected chi connectivity index (χ4v) is 3.73. The van der Waals surface area contributed by atoms with Crippen molar-refractivity contribution in [1.82, 2.24) is 0 Å². The number of esters is 2. The molecule has 0 N–H and O–H groups in total. The van der Waals surface area contributed by atoms with Gasteiger partial charge in [0.2, 0.25) is 0 Å². The minimum Gasteiger partial charge on any atom is -0.457 e. The molecular formula is C25H44O4. The molecule has 1 heterocycles. The van der Waals surface area contributed by atoms with Crippen LogP contribution in [0.2, 0.25) is 0 Å². The van der Waals surface area contributed by atoms with E-state index in [0.29, 0.717) is 6.42 Å². The maximum atomic E-state index is 12.1. The lowest BCUT2D eigenvalue weighted by atomic mass is 10.1. The van der Waals surface area contributed by atoms with Crippen molar-refractivity contribution in [3.05, 3.63) is 12.2 Å². The Labute approximate surface area is 178 Å². The molecule has 0 aromatic rings. The number of allylic oxidation sites excluding steroid dienone is 1. The molecule has 0 radical (unpaired) electrons. The van der Waals surface area contributed by atoms with Crippen LogP contribution in [0, 0.1) is 0 Å². The molecule has 1 saturated heterocycles. The molecule has 0 aliphatic carbocycles. The Morgan fingerprint density at radius 1 is 0.897 bits per heavy atom. The van der Waals surface area contributed by atoms with Crippen LogP contribution in [-0.4, -0.2) is 24.1 Å². The van der Waals surface area contributed by atoms with E-state index in [1.807, 2.05) is 12.2 Å². The standard InChI is InChI=1S/C25H44O4/c1-3-5-7-9-10-11-12-13-14-16-18-20-24(26)29-23-21-25(27)28-22(23)19-17-15-8-6-4-2/h17,19,22-23H,3-16,18,20-21H2,1-2H3/b19-17+/t22-,23+/m0/s1. The lowest BCUT2D eigenvalue weighted by Crippen LogP contribution is -2.25. The average molecular weight is 409 g/mol. The van der Waals surface area contributed by atoms with Gasteiger partial charge in [-0.3, -0.25) is 9.59 Å². The highest BCUT2D eigenvalue weighted by Gasteiger charge is 2.35. The van der Waals surface area contributed by atoms with Crippen LogP contribution in [0.4, 0.5) is 0 Å². The number of hydrogen-bond acceptors (Lipinski definition) is 4. The van der Waals surface area contributed by atoms with Crippen molar-refractivity contribution in [2.24, 2.45) is 0 Å². The van der Waals surface area contributed by atoms with Crippen molar-refractivity contribution in [1.29, 1.82) is 0 Å². The van der Waals surface area contributed by atoms with Crippen LogP contribution in [0.3, 0.4) is 0 Å². The SMILES string of the molecule is CCCCC/C=C/[C@@H]1OC(=O)C[C@H]1OC(=O)CCCCCCCCCCCCC. The number of hydrogen-bond donors (Lipinski definition) is 0. The van der Waals surface area contributed by atoms with Crippen molar-refractivity contribution in [3.63, 3.8) is 0 Å². The van der Waals surface area contributed by atoms with Crippen molar-refractivity contribution in [2.75, 3.05) is 0 Å². The topological polar surface area (TPSA) is 52.6 Å². The first-order valence-corrected chi connectivity index (χ1v) is 12.2. The van der Waals surface area contributed by atoms with Gasteiger partial charge in [0.25, 0.3) is 0 Å². The maximum absolute atomic E-state index is 12.1. The van der Waals surface area contributed by atoms with E-state index in [-0.39, 0.29) is 18.4 Å². The third kappa shape index (κ3) is 13.5. The maximum Gasteiger partial charge on any atom is 0.310 e. The van der Waals surface area contributed by atoms with Crippen LogP contribution in [0.1, 0.15) is 123 Å². The second-order valence-corrected chi connectivity index (χ2v) is 8.40. The second-order valence-electron chi connectivity index (χ2n) is 8.40. The molecule has 1 aliphatic heterocycles. The smallest absolute Gasteiger partial charge is 0.310 e. The Kier molecular flexibility index (Phi) is 15.5. The summed E-state index contributed by atoms with van der Waals surface area (Å²) in [6.45, 7) is 4.43. The predicted octanol–water partition coefficient (Wildman–Crippen LogP) is 7.05. The molecule has 1 fully saturated rings. The van der Waals surface area contributed by atoms with Gasteiger partial charge in [0.1, 0.15) is 0 Å². The Bertz CT molecular complexity index is 458. The molecule has 168 valence electrons. The number of cyclic esters (lactones) is 1. The summed E-state index contributed by atoms with van der Waals surface area (Å²) in [6, 6.07) is 0. The van der Waals surface area contributed by atoms with Crippen LogP contribution < -0.4 is 0 Å². The van der Waals surface area contributed by atoms with Gasteiger partial charge in [-0.2, -0.15) is 0 Å². The third-order valence-electron chi connectivity index (χ3n) is 5.57. The van der Waals surface area contributed by atoms with E-state index in [1.54, 1.807) is 0 Å². The first kappa shape index (κ1) is 25.7. The molecule has 29 heavy (non-hydrogen) atoms. The summed E-state index contributed by atoms with van der Waals surface area (Å²) in [6.07, 6.45) is 22.0. The van der Waals surface area contributed by atoms with Gasteiger partial charge in [0.05, 0.1) is 6.42 Å². The quantitative estimate of drug-likeness (QED) is 0.138. The van der Waals surface area contributed by atoms with E-state index in [4.69, 9.17) is 9.47 Å². The molecular weight excluding hydrogens is 364 g/mol. The zero-order valence-corrected chi connectivity index (χ0v) is 19.0. The molecule has 1 rings (SSSR count). The van der Waals surface area contributed by atoms with Gasteiger partial charge >= 0.3 is 11.9 Å². The molecule has 4 nitrogen and oxygen atoms in total. The van der Waals surface area contributed by atoms with E-state index in [0.717, 1.165) is 25.7 Å². The molecule has 0 bridgehead atoms. The Morgan fingerprint density at radius 3 is 2.07 bits per heavy atom. The summed E-state index contributed by atoms with van der Waals surface area (Å²) in [5, 5.41) is 0. The molecule has 0 aromatic heterocycles. The molecule has 0 saturated carbocycles. The van der Waals surface area contributed by atoms with Crippen molar-refractivity contribution in [3.8, 4) is 0 Å². The minimum absolute atomic E-state index is 0.175. The summed E-state index contributed by atoms with van der Waals surface area (Å²) < 4.78 is 10.8. The molecule has 0 spiro atoms. The molecule has 1 aliphatic rings. The Hall–Kier alpha value is -1.32. The zero-order chi connectivity index (χ0) is 21.2. The molecule has 0 unspecified atom stereocenters. The summed E-state index contributed by atoms with van der Waals surface area (Å²) in [5.41, 5.74) is 0. The number of rotatable bonds is 18. The first-order chi connectivity index (χ1) is 14.2. The largest absolute Gasteiger partial charge is 0.457 e.